The lowest BCUT2D eigenvalue weighted by molar-refractivity contribution is -0.137. The molecule has 0 radical (unpaired) electrons. The number of carbonyl (C=O) groups excluding carboxylic acids is 1. The molecule has 1 fully saturated rings. The van der Waals surface area contributed by atoms with Crippen LogP contribution in [0.5, 0.6) is 0 Å². The van der Waals surface area contributed by atoms with E-state index in [0.29, 0.717) is 18.2 Å². The highest BCUT2D eigenvalue weighted by molar-refractivity contribution is 5.93. The van der Waals surface area contributed by atoms with Crippen molar-refractivity contribution in [2.45, 2.75) is 19.4 Å². The number of rotatable bonds is 6. The van der Waals surface area contributed by atoms with E-state index in [4.69, 9.17) is 15.3 Å². The molecule has 2 rings (SSSR count). The summed E-state index contributed by atoms with van der Waals surface area (Å²) in [6.07, 6.45) is 2.10. The standard InChI is InChI=1S/C12H16N2O4/c13-5-9-3-4-10(18-9)12(17)14(7-11(15)16)6-8-1-2-8/h3-4,8H,1-2,5-7,13H2,(H,15,16). The maximum Gasteiger partial charge on any atom is 0.323 e. The molecular weight excluding hydrogens is 236 g/mol. The number of hydrogen-bond donors (Lipinski definition) is 2. The number of nitrogens with zero attached hydrogens (tertiary/aromatic N) is 1. The predicted octanol–water partition coefficient (Wildman–Crippen LogP) is 0.675. The topological polar surface area (TPSA) is 96.8 Å². The molecule has 1 aliphatic rings. The molecule has 1 amide bonds. The lowest BCUT2D eigenvalue weighted by atomic mass is 10.3. The second-order valence-corrected chi connectivity index (χ2v) is 4.49. The Morgan fingerprint density at radius 1 is 1.44 bits per heavy atom. The average molecular weight is 252 g/mol. The summed E-state index contributed by atoms with van der Waals surface area (Å²) in [4.78, 5) is 24.2. The minimum Gasteiger partial charge on any atom is -0.480 e. The Bertz CT molecular complexity index is 451. The van der Waals surface area contributed by atoms with E-state index >= 15 is 0 Å². The van der Waals surface area contributed by atoms with Gasteiger partial charge >= 0.3 is 5.97 Å². The average Bonchev–Trinajstić information content (AvgIpc) is 3.01. The van der Waals surface area contributed by atoms with E-state index in [9.17, 15) is 9.59 Å². The molecule has 1 heterocycles. The van der Waals surface area contributed by atoms with Gasteiger partial charge in [-0.2, -0.15) is 0 Å². The van der Waals surface area contributed by atoms with Crippen LogP contribution in [0.3, 0.4) is 0 Å². The molecule has 0 unspecified atom stereocenters. The van der Waals surface area contributed by atoms with Gasteiger partial charge in [0.2, 0.25) is 0 Å². The molecule has 0 aliphatic heterocycles. The van der Waals surface area contributed by atoms with Gasteiger partial charge in [-0.25, -0.2) is 0 Å². The Balaban J connectivity index is 2.07. The highest BCUT2D eigenvalue weighted by Gasteiger charge is 2.29. The van der Waals surface area contributed by atoms with Gasteiger partial charge in [0.1, 0.15) is 12.3 Å². The molecule has 0 aromatic carbocycles. The molecule has 1 aromatic rings. The van der Waals surface area contributed by atoms with Crippen LogP contribution in [0.25, 0.3) is 0 Å². The Morgan fingerprint density at radius 3 is 2.67 bits per heavy atom. The fourth-order valence-corrected chi connectivity index (χ4v) is 1.75. The van der Waals surface area contributed by atoms with Gasteiger partial charge in [0.05, 0.1) is 6.54 Å². The summed E-state index contributed by atoms with van der Waals surface area (Å²) in [7, 11) is 0. The lowest BCUT2D eigenvalue weighted by Crippen LogP contribution is -2.37. The molecular formula is C12H16N2O4. The minimum atomic E-state index is -1.02. The summed E-state index contributed by atoms with van der Waals surface area (Å²) in [6.45, 7) is 0.395. The lowest BCUT2D eigenvalue weighted by Gasteiger charge is -2.19. The number of furan rings is 1. The van der Waals surface area contributed by atoms with E-state index in [-0.39, 0.29) is 24.8 Å². The van der Waals surface area contributed by atoms with Crippen molar-refractivity contribution < 1.29 is 19.1 Å². The van der Waals surface area contributed by atoms with Crippen molar-refractivity contribution in [2.75, 3.05) is 13.1 Å². The third kappa shape index (κ3) is 3.10. The molecule has 1 saturated carbocycles. The second-order valence-electron chi connectivity index (χ2n) is 4.49. The van der Waals surface area contributed by atoms with Gasteiger partial charge in [0.15, 0.2) is 5.76 Å². The van der Waals surface area contributed by atoms with Crippen molar-refractivity contribution in [1.82, 2.24) is 4.90 Å². The van der Waals surface area contributed by atoms with Crippen molar-refractivity contribution >= 4 is 11.9 Å². The summed E-state index contributed by atoms with van der Waals surface area (Å²) in [5.41, 5.74) is 5.40. The van der Waals surface area contributed by atoms with Crippen molar-refractivity contribution in [3.63, 3.8) is 0 Å². The highest BCUT2D eigenvalue weighted by Crippen LogP contribution is 2.30. The van der Waals surface area contributed by atoms with Gasteiger partial charge in [0.25, 0.3) is 5.91 Å². The van der Waals surface area contributed by atoms with E-state index < -0.39 is 5.97 Å². The van der Waals surface area contributed by atoms with Gasteiger partial charge < -0.3 is 20.2 Å². The number of nitrogens with two attached hydrogens (primary N) is 1. The van der Waals surface area contributed by atoms with Crippen LogP contribution in [0.15, 0.2) is 16.5 Å². The fraction of sp³-hybridized carbons (Fsp3) is 0.500. The quantitative estimate of drug-likeness (QED) is 0.775. The predicted molar refractivity (Wildman–Crippen MR) is 62.9 cm³/mol. The van der Waals surface area contributed by atoms with E-state index in [1.54, 1.807) is 6.07 Å². The molecule has 0 bridgehead atoms. The summed E-state index contributed by atoms with van der Waals surface area (Å²) in [5.74, 6) is -0.312. The molecule has 6 heteroatoms. The zero-order valence-corrected chi connectivity index (χ0v) is 9.96. The van der Waals surface area contributed by atoms with Crippen LogP contribution in [-0.2, 0) is 11.3 Å². The molecule has 0 spiro atoms. The second kappa shape index (κ2) is 5.22. The monoisotopic (exact) mass is 252 g/mol. The Kier molecular flexibility index (Phi) is 3.66. The first-order valence-corrected chi connectivity index (χ1v) is 5.90. The molecule has 0 saturated heterocycles. The summed E-state index contributed by atoms with van der Waals surface area (Å²) >= 11 is 0. The number of amides is 1. The van der Waals surface area contributed by atoms with Crippen molar-refractivity contribution in [2.24, 2.45) is 11.7 Å². The van der Waals surface area contributed by atoms with Crippen LogP contribution in [-0.4, -0.2) is 35.0 Å². The van der Waals surface area contributed by atoms with Crippen LogP contribution >= 0.6 is 0 Å². The normalized spacial score (nSPS) is 14.5. The molecule has 0 atom stereocenters. The van der Waals surface area contributed by atoms with Crippen LogP contribution in [0.4, 0.5) is 0 Å². The van der Waals surface area contributed by atoms with Crippen LogP contribution in [0, 0.1) is 5.92 Å². The molecule has 3 N–H and O–H groups in total. The summed E-state index contributed by atoms with van der Waals surface area (Å²) in [5, 5.41) is 8.82. The number of aliphatic carboxylic acids is 1. The van der Waals surface area contributed by atoms with Crippen molar-refractivity contribution in [3.05, 3.63) is 23.7 Å². The zero-order chi connectivity index (χ0) is 13.1. The van der Waals surface area contributed by atoms with E-state index in [0.717, 1.165) is 12.8 Å². The first-order valence-electron chi connectivity index (χ1n) is 5.90. The van der Waals surface area contributed by atoms with Gasteiger partial charge in [-0.05, 0) is 30.9 Å². The Labute approximate surface area is 104 Å². The van der Waals surface area contributed by atoms with Gasteiger partial charge in [0, 0.05) is 6.54 Å². The fourth-order valence-electron chi connectivity index (χ4n) is 1.75. The first-order chi connectivity index (χ1) is 8.60. The summed E-state index contributed by atoms with van der Waals surface area (Å²) < 4.78 is 5.25. The van der Waals surface area contributed by atoms with Crippen molar-refractivity contribution in [3.8, 4) is 0 Å². The first kappa shape index (κ1) is 12.6. The molecule has 6 nitrogen and oxygen atoms in total. The SMILES string of the molecule is NCc1ccc(C(=O)N(CC(=O)O)CC2CC2)o1. The van der Waals surface area contributed by atoms with E-state index in [1.807, 2.05) is 0 Å². The van der Waals surface area contributed by atoms with Crippen LogP contribution < -0.4 is 5.73 Å². The number of hydrogen-bond acceptors (Lipinski definition) is 4. The molecule has 98 valence electrons. The summed E-state index contributed by atoms with van der Waals surface area (Å²) in [6, 6.07) is 3.16. The third-order valence-corrected chi connectivity index (χ3v) is 2.86. The number of carboxylic acid groups (broad SMARTS) is 1. The highest BCUT2D eigenvalue weighted by atomic mass is 16.4. The number of carbonyl (C=O) groups is 2. The van der Waals surface area contributed by atoms with E-state index in [1.165, 1.54) is 11.0 Å². The number of carboxylic acids is 1. The van der Waals surface area contributed by atoms with Crippen LogP contribution in [0.2, 0.25) is 0 Å². The maximum absolute atomic E-state index is 12.1. The Hall–Kier alpha value is -1.82. The smallest absolute Gasteiger partial charge is 0.323 e. The zero-order valence-electron chi connectivity index (χ0n) is 9.96. The minimum absolute atomic E-state index is 0.150. The maximum atomic E-state index is 12.1. The molecule has 18 heavy (non-hydrogen) atoms. The van der Waals surface area contributed by atoms with Gasteiger partial charge in [-0.15, -0.1) is 0 Å². The largest absolute Gasteiger partial charge is 0.480 e. The van der Waals surface area contributed by atoms with Crippen molar-refractivity contribution in [1.29, 1.82) is 0 Å². The van der Waals surface area contributed by atoms with Gasteiger partial charge in [-0.3, -0.25) is 9.59 Å². The molecule has 1 aromatic heterocycles. The van der Waals surface area contributed by atoms with E-state index in [2.05, 4.69) is 0 Å². The van der Waals surface area contributed by atoms with Crippen LogP contribution in [0.1, 0.15) is 29.2 Å². The Morgan fingerprint density at radius 2 is 2.17 bits per heavy atom. The third-order valence-electron chi connectivity index (χ3n) is 2.86. The van der Waals surface area contributed by atoms with Gasteiger partial charge in [-0.1, -0.05) is 0 Å². The molecule has 1 aliphatic carbocycles.